The summed E-state index contributed by atoms with van der Waals surface area (Å²) in [7, 11) is 0. The normalized spacial score (nSPS) is 11.2. The molecule has 0 saturated carbocycles. The highest BCUT2D eigenvalue weighted by atomic mass is 16.1. The van der Waals surface area contributed by atoms with Crippen LogP contribution in [0.1, 0.15) is 15.9 Å². The first-order valence-corrected chi connectivity index (χ1v) is 9.51. The molecular weight excluding hydrogens is 358 g/mol. The quantitative estimate of drug-likeness (QED) is 0.479. The van der Waals surface area contributed by atoms with E-state index in [0.717, 1.165) is 38.5 Å². The third kappa shape index (κ3) is 2.95. The van der Waals surface area contributed by atoms with Crippen molar-refractivity contribution in [2.75, 3.05) is 0 Å². The second-order valence-electron chi connectivity index (χ2n) is 7.11. The molecule has 2 aromatic heterocycles. The minimum atomic E-state index is -0.414. The van der Waals surface area contributed by atoms with Crippen LogP contribution >= 0.6 is 0 Å². The van der Waals surface area contributed by atoms with Gasteiger partial charge in [0.25, 0.3) is 0 Å². The average Bonchev–Trinajstić information content (AvgIpc) is 3.08. The zero-order valence-corrected chi connectivity index (χ0v) is 15.7. The third-order valence-electron chi connectivity index (χ3n) is 5.33. The summed E-state index contributed by atoms with van der Waals surface area (Å²) in [6, 6.07) is 26.4. The van der Waals surface area contributed by atoms with E-state index in [-0.39, 0.29) is 0 Å². The predicted octanol–water partition coefficient (Wildman–Crippen LogP) is 5.00. The first-order valence-electron chi connectivity index (χ1n) is 9.51. The number of nitrogens with two attached hydrogens (primary N) is 1. The van der Waals surface area contributed by atoms with Crippen LogP contribution in [0.5, 0.6) is 0 Å². The highest BCUT2D eigenvalue weighted by Crippen LogP contribution is 2.34. The lowest BCUT2D eigenvalue weighted by atomic mass is 10.0. The van der Waals surface area contributed by atoms with Gasteiger partial charge in [0.1, 0.15) is 0 Å². The summed E-state index contributed by atoms with van der Waals surface area (Å²) in [5.41, 5.74) is 11.7. The van der Waals surface area contributed by atoms with Crippen LogP contribution in [-0.2, 0) is 6.54 Å². The number of rotatable bonds is 4. The van der Waals surface area contributed by atoms with E-state index in [1.54, 1.807) is 12.3 Å². The molecule has 0 aliphatic heterocycles. The molecule has 4 heteroatoms. The zero-order chi connectivity index (χ0) is 19.8. The Morgan fingerprint density at radius 3 is 2.48 bits per heavy atom. The SMILES string of the molecule is NC(=O)c1cccc2c1c1ccc(-c3ccccc3)cc1n2Cc1cccnc1. The lowest BCUT2D eigenvalue weighted by Crippen LogP contribution is -2.11. The predicted molar refractivity (Wildman–Crippen MR) is 117 cm³/mol. The summed E-state index contributed by atoms with van der Waals surface area (Å²) in [6.45, 7) is 0.661. The smallest absolute Gasteiger partial charge is 0.249 e. The largest absolute Gasteiger partial charge is 0.366 e. The molecule has 2 heterocycles. The van der Waals surface area contributed by atoms with Crippen molar-refractivity contribution in [3.63, 3.8) is 0 Å². The molecule has 0 aliphatic rings. The third-order valence-corrected chi connectivity index (χ3v) is 5.33. The minimum Gasteiger partial charge on any atom is -0.366 e. The Morgan fingerprint density at radius 2 is 1.72 bits per heavy atom. The van der Waals surface area contributed by atoms with Crippen LogP contribution in [0.4, 0.5) is 0 Å². The van der Waals surface area contributed by atoms with Crippen molar-refractivity contribution < 1.29 is 4.79 Å². The highest BCUT2D eigenvalue weighted by Gasteiger charge is 2.17. The average molecular weight is 377 g/mol. The first kappa shape index (κ1) is 17.2. The number of hydrogen-bond donors (Lipinski definition) is 1. The summed E-state index contributed by atoms with van der Waals surface area (Å²) >= 11 is 0. The molecule has 5 rings (SSSR count). The topological polar surface area (TPSA) is 60.9 Å². The summed E-state index contributed by atoms with van der Waals surface area (Å²) < 4.78 is 2.24. The summed E-state index contributed by atoms with van der Waals surface area (Å²) in [4.78, 5) is 16.4. The molecule has 2 N–H and O–H groups in total. The second kappa shape index (κ2) is 6.91. The van der Waals surface area contributed by atoms with Crippen LogP contribution in [0.2, 0.25) is 0 Å². The van der Waals surface area contributed by atoms with E-state index in [9.17, 15) is 4.79 Å². The van der Waals surface area contributed by atoms with Crippen molar-refractivity contribution in [2.45, 2.75) is 6.54 Å². The van der Waals surface area contributed by atoms with Gasteiger partial charge in [0.05, 0.1) is 11.0 Å². The number of primary amides is 1. The highest BCUT2D eigenvalue weighted by molar-refractivity contribution is 6.18. The second-order valence-corrected chi connectivity index (χ2v) is 7.11. The van der Waals surface area contributed by atoms with Crippen LogP contribution in [0.25, 0.3) is 32.9 Å². The maximum absolute atomic E-state index is 12.1. The Balaban J connectivity index is 1.82. The number of nitrogens with zero attached hydrogens (tertiary/aromatic N) is 2. The Kier molecular flexibility index (Phi) is 4.10. The van der Waals surface area contributed by atoms with Crippen LogP contribution in [0, 0.1) is 0 Å². The molecule has 0 fully saturated rings. The fourth-order valence-electron chi connectivity index (χ4n) is 4.00. The molecule has 4 nitrogen and oxygen atoms in total. The molecule has 140 valence electrons. The van der Waals surface area contributed by atoms with Crippen LogP contribution in [0.3, 0.4) is 0 Å². The van der Waals surface area contributed by atoms with Crippen LogP contribution in [-0.4, -0.2) is 15.5 Å². The number of carbonyl (C=O) groups excluding carboxylic acids is 1. The number of aromatic nitrogens is 2. The molecule has 0 saturated heterocycles. The number of pyridine rings is 1. The molecule has 0 unspecified atom stereocenters. The summed E-state index contributed by atoms with van der Waals surface area (Å²) in [6.07, 6.45) is 3.64. The van der Waals surface area contributed by atoms with E-state index < -0.39 is 5.91 Å². The minimum absolute atomic E-state index is 0.414. The number of fused-ring (bicyclic) bond motifs is 3. The van der Waals surface area contributed by atoms with Crippen molar-refractivity contribution in [1.82, 2.24) is 9.55 Å². The number of amides is 1. The van der Waals surface area contributed by atoms with Gasteiger partial charge in [-0.1, -0.05) is 54.6 Å². The Labute approximate surface area is 168 Å². The van der Waals surface area contributed by atoms with Crippen molar-refractivity contribution in [3.8, 4) is 11.1 Å². The molecule has 3 aromatic carbocycles. The van der Waals surface area contributed by atoms with Crippen molar-refractivity contribution in [3.05, 3.63) is 102 Å². The van der Waals surface area contributed by atoms with Gasteiger partial charge in [-0.15, -0.1) is 0 Å². The zero-order valence-electron chi connectivity index (χ0n) is 15.7. The van der Waals surface area contributed by atoms with E-state index in [4.69, 9.17) is 5.73 Å². The maximum Gasteiger partial charge on any atom is 0.249 e. The number of carbonyl (C=O) groups is 1. The van der Waals surface area contributed by atoms with Gasteiger partial charge in [0.2, 0.25) is 5.91 Å². The molecule has 0 atom stereocenters. The maximum atomic E-state index is 12.1. The van der Waals surface area contributed by atoms with Crippen molar-refractivity contribution in [2.24, 2.45) is 5.73 Å². The van der Waals surface area contributed by atoms with E-state index >= 15 is 0 Å². The monoisotopic (exact) mass is 377 g/mol. The van der Waals surface area contributed by atoms with Gasteiger partial charge < -0.3 is 10.3 Å². The Morgan fingerprint density at radius 1 is 0.862 bits per heavy atom. The fourth-order valence-corrected chi connectivity index (χ4v) is 4.00. The van der Waals surface area contributed by atoms with E-state index in [1.165, 1.54) is 0 Å². The Bertz CT molecular complexity index is 1340. The molecule has 1 amide bonds. The Hall–Kier alpha value is -3.92. The van der Waals surface area contributed by atoms with E-state index in [2.05, 4.69) is 45.9 Å². The number of hydrogen-bond acceptors (Lipinski definition) is 2. The molecule has 0 spiro atoms. The molecule has 0 aliphatic carbocycles. The van der Waals surface area contributed by atoms with Gasteiger partial charge >= 0.3 is 0 Å². The molecule has 5 aromatic rings. The van der Waals surface area contributed by atoms with Gasteiger partial charge in [-0.2, -0.15) is 0 Å². The molecular formula is C25H19N3O. The lowest BCUT2D eigenvalue weighted by molar-refractivity contribution is 0.100. The van der Waals surface area contributed by atoms with E-state index in [1.807, 2.05) is 42.6 Å². The molecule has 29 heavy (non-hydrogen) atoms. The summed E-state index contributed by atoms with van der Waals surface area (Å²) in [5, 5.41) is 1.93. The van der Waals surface area contributed by atoms with Gasteiger partial charge in [-0.05, 0) is 41.0 Å². The standard InChI is InChI=1S/C25H19N3O/c26-25(29)21-9-4-10-22-24(21)20-12-11-19(18-7-2-1-3-8-18)14-23(20)28(22)16-17-6-5-13-27-15-17/h1-15H,16H2,(H2,26,29). The fraction of sp³-hybridized carbons (Fsp3) is 0.0400. The van der Waals surface area contributed by atoms with Crippen molar-refractivity contribution in [1.29, 1.82) is 0 Å². The molecule has 0 radical (unpaired) electrons. The summed E-state index contributed by atoms with van der Waals surface area (Å²) in [5.74, 6) is -0.414. The lowest BCUT2D eigenvalue weighted by Gasteiger charge is -2.09. The van der Waals surface area contributed by atoms with Crippen LogP contribution in [0.15, 0.2) is 91.3 Å². The van der Waals surface area contributed by atoms with Gasteiger partial charge in [0, 0.05) is 35.3 Å². The van der Waals surface area contributed by atoms with Crippen molar-refractivity contribution >= 4 is 27.7 Å². The first-order chi connectivity index (χ1) is 14.2. The van der Waals surface area contributed by atoms with E-state index in [0.29, 0.717) is 12.1 Å². The van der Waals surface area contributed by atoms with Crippen LogP contribution < -0.4 is 5.73 Å². The van der Waals surface area contributed by atoms with Gasteiger partial charge in [-0.25, -0.2) is 0 Å². The van der Waals surface area contributed by atoms with Gasteiger partial charge in [-0.3, -0.25) is 9.78 Å². The number of benzene rings is 3. The van der Waals surface area contributed by atoms with Gasteiger partial charge in [0.15, 0.2) is 0 Å². The molecule has 0 bridgehead atoms.